The Morgan fingerprint density at radius 3 is 3.14 bits per heavy atom. The van der Waals surface area contributed by atoms with Gasteiger partial charge in [-0.05, 0) is 37.5 Å². The van der Waals surface area contributed by atoms with Crippen molar-refractivity contribution in [2.75, 3.05) is 23.7 Å². The van der Waals surface area contributed by atoms with Gasteiger partial charge >= 0.3 is 0 Å². The number of nitrogens with two attached hydrogens (primary N) is 1. The standard InChI is InChI=1S/C16H22N4O/c17-12-4-5-13-14(9-12)19-15(18-13)20-8-7-16(21)6-2-1-3-11(16)10-20/h4-5,9,11,21H,1-3,6-8,10,17H2,(H,18,19). The van der Waals surface area contributed by atoms with Crippen LogP contribution in [0.4, 0.5) is 11.6 Å². The fraction of sp³-hybridized carbons (Fsp3) is 0.562. The molecule has 1 saturated carbocycles. The van der Waals surface area contributed by atoms with Gasteiger partial charge in [-0.15, -0.1) is 0 Å². The van der Waals surface area contributed by atoms with E-state index in [4.69, 9.17) is 5.73 Å². The van der Waals surface area contributed by atoms with Crippen LogP contribution in [0, 0.1) is 5.92 Å². The first-order chi connectivity index (χ1) is 10.1. The first kappa shape index (κ1) is 13.0. The summed E-state index contributed by atoms with van der Waals surface area (Å²) in [4.78, 5) is 10.3. The number of aromatic amines is 1. The normalized spacial score (nSPS) is 29.6. The Hall–Kier alpha value is -1.75. The third-order valence-electron chi connectivity index (χ3n) is 5.22. The quantitative estimate of drug-likeness (QED) is 0.703. The van der Waals surface area contributed by atoms with E-state index in [2.05, 4.69) is 14.9 Å². The lowest BCUT2D eigenvalue weighted by atomic mass is 9.71. The van der Waals surface area contributed by atoms with E-state index in [1.54, 1.807) is 0 Å². The van der Waals surface area contributed by atoms with Crippen LogP contribution in [0.2, 0.25) is 0 Å². The van der Waals surface area contributed by atoms with Gasteiger partial charge in [0.1, 0.15) is 0 Å². The molecule has 0 bridgehead atoms. The Balaban J connectivity index is 1.61. The van der Waals surface area contributed by atoms with Crippen molar-refractivity contribution in [3.8, 4) is 0 Å². The molecule has 2 heterocycles. The Bertz CT molecular complexity index is 667. The lowest BCUT2D eigenvalue weighted by Gasteiger charge is -2.47. The largest absolute Gasteiger partial charge is 0.399 e. The minimum Gasteiger partial charge on any atom is -0.399 e. The summed E-state index contributed by atoms with van der Waals surface area (Å²) in [5, 5.41) is 10.8. The van der Waals surface area contributed by atoms with Gasteiger partial charge in [-0.2, -0.15) is 0 Å². The molecule has 2 atom stereocenters. The fourth-order valence-electron chi connectivity index (χ4n) is 3.93. The Labute approximate surface area is 124 Å². The fourth-order valence-corrected chi connectivity index (χ4v) is 3.93. The van der Waals surface area contributed by atoms with Crippen LogP contribution in [-0.2, 0) is 0 Å². The molecule has 0 radical (unpaired) electrons. The van der Waals surface area contributed by atoms with Crippen LogP contribution >= 0.6 is 0 Å². The van der Waals surface area contributed by atoms with E-state index in [0.29, 0.717) is 5.92 Å². The number of aliphatic hydroxyl groups is 1. The van der Waals surface area contributed by atoms with Gasteiger partial charge in [0, 0.05) is 24.7 Å². The SMILES string of the molecule is Nc1ccc2nc(N3CCC4(O)CCCCC4C3)[nH]c2c1. The molecule has 1 aliphatic carbocycles. The van der Waals surface area contributed by atoms with Crippen molar-refractivity contribution in [3.63, 3.8) is 0 Å². The molecule has 0 spiro atoms. The number of piperidine rings is 1. The smallest absolute Gasteiger partial charge is 0.203 e. The van der Waals surface area contributed by atoms with E-state index in [1.807, 2.05) is 18.2 Å². The highest BCUT2D eigenvalue weighted by molar-refractivity contribution is 5.80. The van der Waals surface area contributed by atoms with Gasteiger partial charge < -0.3 is 20.7 Å². The van der Waals surface area contributed by atoms with E-state index in [-0.39, 0.29) is 0 Å². The highest BCUT2D eigenvalue weighted by Crippen LogP contribution is 2.40. The molecular weight excluding hydrogens is 264 g/mol. The van der Waals surface area contributed by atoms with Crippen molar-refractivity contribution in [1.29, 1.82) is 0 Å². The van der Waals surface area contributed by atoms with Gasteiger partial charge in [0.25, 0.3) is 0 Å². The van der Waals surface area contributed by atoms with Crippen LogP contribution in [0.5, 0.6) is 0 Å². The van der Waals surface area contributed by atoms with Gasteiger partial charge in [-0.25, -0.2) is 4.98 Å². The summed E-state index contributed by atoms with van der Waals surface area (Å²) in [6, 6.07) is 5.75. The summed E-state index contributed by atoms with van der Waals surface area (Å²) in [7, 11) is 0. The molecule has 2 unspecified atom stereocenters. The molecule has 5 nitrogen and oxygen atoms in total. The van der Waals surface area contributed by atoms with Crippen molar-refractivity contribution in [1.82, 2.24) is 9.97 Å². The number of H-pyrrole nitrogens is 1. The number of hydrogen-bond acceptors (Lipinski definition) is 4. The van der Waals surface area contributed by atoms with Crippen LogP contribution in [0.3, 0.4) is 0 Å². The molecule has 112 valence electrons. The number of nitrogens with one attached hydrogen (secondary N) is 1. The summed E-state index contributed by atoms with van der Waals surface area (Å²) in [6.45, 7) is 1.76. The van der Waals surface area contributed by atoms with Crippen LogP contribution in [-0.4, -0.2) is 33.8 Å². The van der Waals surface area contributed by atoms with E-state index >= 15 is 0 Å². The average molecular weight is 286 g/mol. The van der Waals surface area contributed by atoms with Gasteiger partial charge in [0.05, 0.1) is 16.6 Å². The highest BCUT2D eigenvalue weighted by Gasteiger charge is 2.43. The summed E-state index contributed by atoms with van der Waals surface area (Å²) < 4.78 is 0. The first-order valence-corrected chi connectivity index (χ1v) is 7.87. The number of imidazole rings is 1. The molecule has 1 saturated heterocycles. The van der Waals surface area contributed by atoms with Crippen LogP contribution in [0.1, 0.15) is 32.1 Å². The molecular formula is C16H22N4O. The predicted molar refractivity (Wildman–Crippen MR) is 84.2 cm³/mol. The molecule has 4 N–H and O–H groups in total. The number of nitrogens with zero attached hydrogens (tertiary/aromatic N) is 2. The monoisotopic (exact) mass is 286 g/mol. The maximum absolute atomic E-state index is 10.8. The molecule has 1 aromatic carbocycles. The topological polar surface area (TPSA) is 78.2 Å². The van der Waals surface area contributed by atoms with Crippen LogP contribution in [0.25, 0.3) is 11.0 Å². The van der Waals surface area contributed by atoms with E-state index in [1.165, 1.54) is 6.42 Å². The number of rotatable bonds is 1. The molecule has 1 aliphatic heterocycles. The van der Waals surface area contributed by atoms with E-state index in [0.717, 1.165) is 61.4 Å². The van der Waals surface area contributed by atoms with Crippen LogP contribution < -0.4 is 10.6 Å². The lowest BCUT2D eigenvalue weighted by molar-refractivity contribution is -0.0614. The summed E-state index contributed by atoms with van der Waals surface area (Å²) in [6.07, 6.45) is 5.33. The van der Waals surface area contributed by atoms with Crippen molar-refractivity contribution in [2.24, 2.45) is 5.92 Å². The number of benzene rings is 1. The third kappa shape index (κ3) is 2.16. The number of hydrogen-bond donors (Lipinski definition) is 3. The second-order valence-corrected chi connectivity index (χ2v) is 6.58. The lowest BCUT2D eigenvalue weighted by Crippen LogP contribution is -2.53. The maximum Gasteiger partial charge on any atom is 0.203 e. The molecule has 1 aromatic heterocycles. The van der Waals surface area contributed by atoms with Crippen molar-refractivity contribution in [2.45, 2.75) is 37.7 Å². The van der Waals surface area contributed by atoms with Crippen molar-refractivity contribution < 1.29 is 5.11 Å². The number of fused-ring (bicyclic) bond motifs is 2. The van der Waals surface area contributed by atoms with Gasteiger partial charge in [-0.3, -0.25) is 0 Å². The Kier molecular flexibility index (Phi) is 2.85. The van der Waals surface area contributed by atoms with Crippen molar-refractivity contribution >= 4 is 22.7 Å². The third-order valence-corrected chi connectivity index (χ3v) is 5.22. The number of nitrogen functional groups attached to an aromatic ring is 1. The minimum atomic E-state index is -0.439. The molecule has 0 amide bonds. The molecule has 2 fully saturated rings. The van der Waals surface area contributed by atoms with Gasteiger partial charge in [-0.1, -0.05) is 12.8 Å². The maximum atomic E-state index is 10.8. The second kappa shape index (κ2) is 4.63. The summed E-state index contributed by atoms with van der Waals surface area (Å²) in [5.41, 5.74) is 8.06. The molecule has 21 heavy (non-hydrogen) atoms. The molecule has 2 aliphatic rings. The Morgan fingerprint density at radius 2 is 2.24 bits per heavy atom. The zero-order valence-electron chi connectivity index (χ0n) is 12.2. The second-order valence-electron chi connectivity index (χ2n) is 6.58. The van der Waals surface area contributed by atoms with Crippen LogP contribution in [0.15, 0.2) is 18.2 Å². The summed E-state index contributed by atoms with van der Waals surface area (Å²) >= 11 is 0. The molecule has 2 aromatic rings. The zero-order valence-corrected chi connectivity index (χ0v) is 12.2. The van der Waals surface area contributed by atoms with E-state index in [9.17, 15) is 5.11 Å². The zero-order chi connectivity index (χ0) is 14.4. The van der Waals surface area contributed by atoms with Crippen molar-refractivity contribution in [3.05, 3.63) is 18.2 Å². The van der Waals surface area contributed by atoms with Gasteiger partial charge in [0.15, 0.2) is 0 Å². The van der Waals surface area contributed by atoms with E-state index < -0.39 is 5.60 Å². The highest BCUT2D eigenvalue weighted by atomic mass is 16.3. The van der Waals surface area contributed by atoms with Gasteiger partial charge in [0.2, 0.25) is 5.95 Å². The Morgan fingerprint density at radius 1 is 1.33 bits per heavy atom. The first-order valence-electron chi connectivity index (χ1n) is 7.87. The summed E-state index contributed by atoms with van der Waals surface area (Å²) in [5.74, 6) is 1.28. The molecule has 4 rings (SSSR count). The minimum absolute atomic E-state index is 0.373. The molecule has 5 heteroatoms. The number of anilines is 2. The average Bonchev–Trinajstić information content (AvgIpc) is 2.89. The number of aromatic nitrogens is 2. The predicted octanol–water partition coefficient (Wildman–Crippen LogP) is 2.28.